The van der Waals surface area contributed by atoms with E-state index in [1.165, 1.54) is 12.8 Å². The maximum absolute atomic E-state index is 11.4. The molecule has 0 spiro atoms. The van der Waals surface area contributed by atoms with Crippen LogP contribution in [-0.4, -0.2) is 29.5 Å². The number of hydrogen-bond acceptors (Lipinski definition) is 6. The summed E-state index contributed by atoms with van der Waals surface area (Å²) in [5.74, 6) is 0.992. The van der Waals surface area contributed by atoms with Crippen molar-refractivity contribution in [2.24, 2.45) is 0 Å². The van der Waals surface area contributed by atoms with Crippen LogP contribution in [0.1, 0.15) is 24.0 Å². The molecule has 2 N–H and O–H groups in total. The van der Waals surface area contributed by atoms with Crippen molar-refractivity contribution in [3.05, 3.63) is 51.7 Å². The first-order valence-corrected chi connectivity index (χ1v) is 8.70. The van der Waals surface area contributed by atoms with Crippen molar-refractivity contribution in [2.45, 2.75) is 25.8 Å². The number of hydrogen-bond donors (Lipinski definition) is 2. The van der Waals surface area contributed by atoms with E-state index in [9.17, 15) is 10.1 Å². The molecule has 1 saturated heterocycles. The second kappa shape index (κ2) is 6.58. The van der Waals surface area contributed by atoms with E-state index in [-0.39, 0.29) is 10.6 Å². The van der Waals surface area contributed by atoms with Crippen molar-refractivity contribution in [3.63, 3.8) is 0 Å². The van der Waals surface area contributed by atoms with Crippen LogP contribution in [0.25, 0.3) is 0 Å². The van der Waals surface area contributed by atoms with Gasteiger partial charge in [0.2, 0.25) is 0 Å². The summed E-state index contributed by atoms with van der Waals surface area (Å²) >= 11 is 0. The predicted molar refractivity (Wildman–Crippen MR) is 98.3 cm³/mol. The lowest BCUT2D eigenvalue weighted by molar-refractivity contribution is -0.384. The summed E-state index contributed by atoms with van der Waals surface area (Å²) in [6.45, 7) is 3.46. The van der Waals surface area contributed by atoms with E-state index in [1.807, 2.05) is 12.3 Å². The molecule has 1 aromatic heterocycles. The molecule has 2 aromatic rings. The Morgan fingerprint density at radius 3 is 2.92 bits per heavy atom. The lowest BCUT2D eigenvalue weighted by Gasteiger charge is -2.17. The normalized spacial score (nSPS) is 15.8. The average Bonchev–Trinajstić information content (AvgIpc) is 3.31. The molecule has 7 nitrogen and oxygen atoms in total. The van der Waals surface area contributed by atoms with Crippen LogP contribution in [0.2, 0.25) is 0 Å². The molecule has 0 radical (unpaired) electrons. The highest BCUT2D eigenvalue weighted by molar-refractivity contribution is 5.77. The summed E-state index contributed by atoms with van der Waals surface area (Å²) in [7, 11) is 0. The quantitative estimate of drug-likeness (QED) is 0.643. The first-order valence-electron chi connectivity index (χ1n) is 8.70. The van der Waals surface area contributed by atoms with Gasteiger partial charge in [0.1, 0.15) is 11.5 Å². The van der Waals surface area contributed by atoms with Crippen LogP contribution in [-0.2, 0) is 13.0 Å². The molecule has 0 bridgehead atoms. The van der Waals surface area contributed by atoms with Crippen LogP contribution in [0, 0.1) is 10.1 Å². The molecule has 130 valence electrons. The maximum atomic E-state index is 11.4. The second-order valence-corrected chi connectivity index (χ2v) is 6.49. The highest BCUT2D eigenvalue weighted by Gasteiger charge is 2.23. The Morgan fingerprint density at radius 2 is 2.12 bits per heavy atom. The van der Waals surface area contributed by atoms with Gasteiger partial charge >= 0.3 is 0 Å². The number of nitro benzene ring substituents is 1. The number of nitro groups is 1. The average molecular weight is 339 g/mol. The molecule has 0 amide bonds. The topological polar surface area (TPSA) is 83.3 Å². The lowest BCUT2D eigenvalue weighted by Crippen LogP contribution is -2.19. The molecule has 0 unspecified atom stereocenters. The Balaban J connectivity index is 1.56. The monoisotopic (exact) mass is 339 g/mol. The van der Waals surface area contributed by atoms with Crippen LogP contribution >= 0.6 is 0 Å². The molecule has 4 rings (SSSR count). The summed E-state index contributed by atoms with van der Waals surface area (Å²) in [6.07, 6.45) is 5.03. The van der Waals surface area contributed by atoms with Crippen molar-refractivity contribution < 1.29 is 4.92 Å². The standard InChI is InChI=1S/C18H21N5O2/c24-23(25)16-4-3-15-14(6-8-19-15)18(16)21-12-13-5-7-20-17(11-13)22-9-1-2-10-22/h3-5,7,11,19,21H,1-2,6,8-10,12H2. The van der Waals surface area contributed by atoms with Gasteiger partial charge in [-0.2, -0.15) is 0 Å². The molecule has 25 heavy (non-hydrogen) atoms. The molecule has 1 fully saturated rings. The number of fused-ring (bicyclic) bond motifs is 1. The van der Waals surface area contributed by atoms with E-state index in [2.05, 4.69) is 26.6 Å². The number of nitrogens with one attached hydrogen (secondary N) is 2. The highest BCUT2D eigenvalue weighted by Crippen LogP contribution is 2.37. The zero-order chi connectivity index (χ0) is 17.2. The van der Waals surface area contributed by atoms with Crippen LogP contribution in [0.3, 0.4) is 0 Å². The summed E-state index contributed by atoms with van der Waals surface area (Å²) in [6, 6.07) is 7.40. The van der Waals surface area contributed by atoms with Gasteiger partial charge in [0, 0.05) is 49.7 Å². The third-order valence-electron chi connectivity index (χ3n) is 4.89. The second-order valence-electron chi connectivity index (χ2n) is 6.49. The molecular weight excluding hydrogens is 318 g/mol. The SMILES string of the molecule is O=[N+]([O-])c1ccc2c(c1NCc1ccnc(N3CCCC3)c1)CCN2. The zero-order valence-corrected chi connectivity index (χ0v) is 14.0. The van der Waals surface area contributed by atoms with Crippen molar-refractivity contribution in [1.29, 1.82) is 0 Å². The smallest absolute Gasteiger partial charge is 0.292 e. The first-order chi connectivity index (χ1) is 12.2. The molecule has 7 heteroatoms. The van der Waals surface area contributed by atoms with Crippen molar-refractivity contribution >= 4 is 22.9 Å². The Labute approximate surface area is 146 Å². The van der Waals surface area contributed by atoms with Gasteiger partial charge in [-0.1, -0.05) is 0 Å². The molecule has 0 atom stereocenters. The fourth-order valence-corrected chi connectivity index (χ4v) is 3.61. The van der Waals surface area contributed by atoms with E-state index < -0.39 is 0 Å². The van der Waals surface area contributed by atoms with Gasteiger partial charge in [-0.25, -0.2) is 4.98 Å². The van der Waals surface area contributed by atoms with Crippen molar-refractivity contribution in [2.75, 3.05) is 35.2 Å². The molecular formula is C18H21N5O2. The third-order valence-corrected chi connectivity index (χ3v) is 4.89. The summed E-state index contributed by atoms with van der Waals surface area (Å²) < 4.78 is 0. The third kappa shape index (κ3) is 3.09. The minimum atomic E-state index is -0.316. The van der Waals surface area contributed by atoms with Gasteiger partial charge in [0.25, 0.3) is 5.69 Å². The Bertz CT molecular complexity index is 802. The highest BCUT2D eigenvalue weighted by atomic mass is 16.6. The van der Waals surface area contributed by atoms with Gasteiger partial charge in [0.05, 0.1) is 4.92 Å². The van der Waals surface area contributed by atoms with Crippen LogP contribution < -0.4 is 15.5 Å². The molecule has 0 aliphatic carbocycles. The molecule has 2 aliphatic heterocycles. The number of benzene rings is 1. The minimum Gasteiger partial charge on any atom is -0.384 e. The Hall–Kier alpha value is -2.83. The fourth-order valence-electron chi connectivity index (χ4n) is 3.61. The van der Waals surface area contributed by atoms with Gasteiger partial charge in [-0.15, -0.1) is 0 Å². The minimum absolute atomic E-state index is 0.135. The zero-order valence-electron chi connectivity index (χ0n) is 14.0. The fraction of sp³-hybridized carbons (Fsp3) is 0.389. The Morgan fingerprint density at radius 1 is 1.28 bits per heavy atom. The number of nitrogens with zero attached hydrogens (tertiary/aromatic N) is 3. The largest absolute Gasteiger partial charge is 0.384 e. The van der Waals surface area contributed by atoms with E-state index in [0.717, 1.165) is 48.7 Å². The number of anilines is 3. The Kier molecular flexibility index (Phi) is 4.13. The molecule has 0 saturated carbocycles. The summed E-state index contributed by atoms with van der Waals surface area (Å²) in [5, 5.41) is 18.0. The molecule has 3 heterocycles. The summed E-state index contributed by atoms with van der Waals surface area (Å²) in [5.41, 5.74) is 3.83. The number of aromatic nitrogens is 1. The van der Waals surface area contributed by atoms with Crippen LogP contribution in [0.15, 0.2) is 30.5 Å². The first kappa shape index (κ1) is 15.7. The van der Waals surface area contributed by atoms with Crippen molar-refractivity contribution in [3.8, 4) is 0 Å². The van der Waals surface area contributed by atoms with Gasteiger partial charge in [0.15, 0.2) is 0 Å². The number of pyridine rings is 1. The maximum Gasteiger partial charge on any atom is 0.292 e. The summed E-state index contributed by atoms with van der Waals surface area (Å²) in [4.78, 5) is 17.8. The van der Waals surface area contributed by atoms with Crippen LogP contribution in [0.4, 0.5) is 22.9 Å². The molecule has 2 aliphatic rings. The van der Waals surface area contributed by atoms with Gasteiger partial charge < -0.3 is 15.5 Å². The molecule has 1 aromatic carbocycles. The van der Waals surface area contributed by atoms with Gasteiger partial charge in [-0.3, -0.25) is 10.1 Å². The number of rotatable bonds is 5. The van der Waals surface area contributed by atoms with E-state index in [1.54, 1.807) is 12.1 Å². The van der Waals surface area contributed by atoms with E-state index in [4.69, 9.17) is 0 Å². The van der Waals surface area contributed by atoms with Crippen LogP contribution in [0.5, 0.6) is 0 Å². The predicted octanol–water partition coefficient (Wildman–Crippen LogP) is 3.17. The van der Waals surface area contributed by atoms with Gasteiger partial charge in [-0.05, 0) is 43.0 Å². The van der Waals surface area contributed by atoms with Crippen molar-refractivity contribution in [1.82, 2.24) is 4.98 Å². The van der Waals surface area contributed by atoms with E-state index in [0.29, 0.717) is 12.2 Å². The van der Waals surface area contributed by atoms with E-state index >= 15 is 0 Å². The lowest BCUT2D eigenvalue weighted by atomic mass is 10.1.